The molecular formula is C23H23BrN2O5. The lowest BCUT2D eigenvalue weighted by molar-refractivity contribution is -0.151. The molecule has 3 atom stereocenters. The monoisotopic (exact) mass is 486 g/mol. The van der Waals surface area contributed by atoms with Crippen LogP contribution in [0.2, 0.25) is 0 Å². The molecule has 0 bridgehead atoms. The van der Waals surface area contributed by atoms with Gasteiger partial charge in [0.1, 0.15) is 5.92 Å². The van der Waals surface area contributed by atoms with E-state index in [2.05, 4.69) is 26.6 Å². The molecule has 0 saturated heterocycles. The van der Waals surface area contributed by atoms with E-state index in [1.165, 1.54) is 14.2 Å². The van der Waals surface area contributed by atoms with Crippen molar-refractivity contribution >= 4 is 39.1 Å². The number of para-hydroxylation sites is 2. The molecule has 0 aromatic heterocycles. The van der Waals surface area contributed by atoms with Crippen LogP contribution >= 0.6 is 15.9 Å². The Kier molecular flexibility index (Phi) is 5.66. The molecule has 0 radical (unpaired) electrons. The average Bonchev–Trinajstić information content (AvgIpc) is 2.91. The predicted octanol–water partition coefficient (Wildman–Crippen LogP) is 4.39. The highest BCUT2D eigenvalue weighted by Crippen LogP contribution is 2.46. The molecule has 0 unspecified atom stereocenters. The molecule has 1 aliphatic carbocycles. The van der Waals surface area contributed by atoms with Gasteiger partial charge in [-0.25, -0.2) is 0 Å². The summed E-state index contributed by atoms with van der Waals surface area (Å²) in [5, 5.41) is 17.1. The Bertz CT molecular complexity index is 1100. The SMILES string of the molecule is COC(=O)[C@@H]1C(=O)C2=C(C[C@H]1C)Nc1ccccc1N[C@@H]2c1cc(Br)c(O)c(OC)c1. The van der Waals surface area contributed by atoms with E-state index in [0.717, 1.165) is 17.1 Å². The van der Waals surface area contributed by atoms with Gasteiger partial charge in [-0.1, -0.05) is 19.1 Å². The van der Waals surface area contributed by atoms with Crippen LogP contribution in [0.1, 0.15) is 24.9 Å². The number of Topliss-reactive ketones (excluding diaryl/α,β-unsaturated/α-hetero) is 1. The molecule has 7 nitrogen and oxygen atoms in total. The first kappa shape index (κ1) is 21.2. The van der Waals surface area contributed by atoms with E-state index in [1.54, 1.807) is 12.1 Å². The van der Waals surface area contributed by atoms with Gasteiger partial charge in [0.25, 0.3) is 0 Å². The van der Waals surface area contributed by atoms with E-state index in [9.17, 15) is 14.7 Å². The van der Waals surface area contributed by atoms with Crippen LogP contribution in [0.15, 0.2) is 52.1 Å². The van der Waals surface area contributed by atoms with Crippen LogP contribution in [-0.2, 0) is 14.3 Å². The normalized spacial score (nSPS) is 22.5. The van der Waals surface area contributed by atoms with Gasteiger partial charge in [0.15, 0.2) is 17.3 Å². The molecule has 0 saturated carbocycles. The molecule has 1 heterocycles. The first-order valence-electron chi connectivity index (χ1n) is 9.89. The number of hydrogen-bond acceptors (Lipinski definition) is 7. The molecule has 3 N–H and O–H groups in total. The highest BCUT2D eigenvalue weighted by atomic mass is 79.9. The summed E-state index contributed by atoms with van der Waals surface area (Å²) in [4.78, 5) is 26.1. The molecule has 2 aliphatic rings. The van der Waals surface area contributed by atoms with Crippen molar-refractivity contribution in [2.75, 3.05) is 24.9 Å². The highest BCUT2D eigenvalue weighted by Gasteiger charge is 2.44. The first-order chi connectivity index (χ1) is 14.8. The Balaban J connectivity index is 1.91. The zero-order chi connectivity index (χ0) is 22.3. The Labute approximate surface area is 188 Å². The number of rotatable bonds is 3. The summed E-state index contributed by atoms with van der Waals surface area (Å²) in [7, 11) is 2.76. The van der Waals surface area contributed by atoms with Gasteiger partial charge >= 0.3 is 5.97 Å². The van der Waals surface area contributed by atoms with Crippen LogP contribution in [0.4, 0.5) is 11.4 Å². The number of nitrogens with one attached hydrogen (secondary N) is 2. The van der Waals surface area contributed by atoms with Crippen LogP contribution in [0.3, 0.4) is 0 Å². The average molecular weight is 487 g/mol. The van der Waals surface area contributed by atoms with Gasteiger partial charge in [-0.3, -0.25) is 9.59 Å². The summed E-state index contributed by atoms with van der Waals surface area (Å²) < 4.78 is 10.7. The lowest BCUT2D eigenvalue weighted by atomic mass is 9.75. The van der Waals surface area contributed by atoms with Crippen molar-refractivity contribution in [3.8, 4) is 11.5 Å². The maximum Gasteiger partial charge on any atom is 0.316 e. The van der Waals surface area contributed by atoms with Gasteiger partial charge in [-0.15, -0.1) is 0 Å². The summed E-state index contributed by atoms with van der Waals surface area (Å²) in [5.41, 5.74) is 3.62. The van der Waals surface area contributed by atoms with Crippen molar-refractivity contribution in [1.29, 1.82) is 0 Å². The van der Waals surface area contributed by atoms with Gasteiger partial charge in [0.2, 0.25) is 0 Å². The van der Waals surface area contributed by atoms with Crippen molar-refractivity contribution < 1.29 is 24.2 Å². The van der Waals surface area contributed by atoms with Gasteiger partial charge < -0.3 is 25.2 Å². The van der Waals surface area contributed by atoms with Gasteiger partial charge in [-0.05, 0) is 58.1 Å². The number of methoxy groups -OCH3 is 2. The molecule has 0 spiro atoms. The minimum atomic E-state index is -0.876. The number of esters is 1. The van der Waals surface area contributed by atoms with Gasteiger partial charge in [0.05, 0.1) is 36.1 Å². The summed E-state index contributed by atoms with van der Waals surface area (Å²) >= 11 is 3.37. The van der Waals surface area contributed by atoms with E-state index in [0.29, 0.717) is 22.0 Å². The lowest BCUT2D eigenvalue weighted by Gasteiger charge is -2.32. The Hall–Kier alpha value is -3.00. The number of phenolic OH excluding ortho intramolecular Hbond substituents is 1. The van der Waals surface area contributed by atoms with Gasteiger partial charge in [-0.2, -0.15) is 0 Å². The van der Waals surface area contributed by atoms with Crippen molar-refractivity contribution in [3.05, 3.63) is 57.7 Å². The second-order valence-corrected chi connectivity index (χ2v) is 8.59. The fourth-order valence-corrected chi connectivity index (χ4v) is 4.76. The summed E-state index contributed by atoms with van der Waals surface area (Å²) in [6.45, 7) is 1.88. The molecule has 0 amide bonds. The number of benzene rings is 2. The van der Waals surface area contributed by atoms with Crippen LogP contribution < -0.4 is 15.4 Å². The number of anilines is 2. The van der Waals surface area contributed by atoms with E-state index in [-0.39, 0.29) is 23.2 Å². The number of ether oxygens (including phenoxy) is 2. The number of hydrogen-bond donors (Lipinski definition) is 3. The summed E-state index contributed by atoms with van der Waals surface area (Å²) in [6, 6.07) is 10.5. The number of allylic oxidation sites excluding steroid dienone is 1. The minimum Gasteiger partial charge on any atom is -0.503 e. The zero-order valence-corrected chi connectivity index (χ0v) is 18.9. The molecule has 4 rings (SSSR count). The molecular weight excluding hydrogens is 464 g/mol. The number of halogens is 1. The Morgan fingerprint density at radius 1 is 1.19 bits per heavy atom. The van der Waals surface area contributed by atoms with Crippen molar-refractivity contribution in [1.82, 2.24) is 0 Å². The molecule has 8 heteroatoms. The van der Waals surface area contributed by atoms with Crippen molar-refractivity contribution in [3.63, 3.8) is 0 Å². The molecule has 2 aromatic rings. The van der Waals surface area contributed by atoms with E-state index >= 15 is 0 Å². The van der Waals surface area contributed by atoms with Crippen LogP contribution in [0.25, 0.3) is 0 Å². The molecule has 31 heavy (non-hydrogen) atoms. The van der Waals surface area contributed by atoms with E-state index in [1.807, 2.05) is 31.2 Å². The zero-order valence-electron chi connectivity index (χ0n) is 17.4. The van der Waals surface area contributed by atoms with Crippen molar-refractivity contribution in [2.45, 2.75) is 19.4 Å². The minimum absolute atomic E-state index is 0.0244. The summed E-state index contributed by atoms with van der Waals surface area (Å²) in [6.07, 6.45) is 0.518. The van der Waals surface area contributed by atoms with Crippen LogP contribution in [-0.4, -0.2) is 31.1 Å². The highest BCUT2D eigenvalue weighted by molar-refractivity contribution is 9.10. The Morgan fingerprint density at radius 3 is 2.58 bits per heavy atom. The number of phenols is 1. The molecule has 162 valence electrons. The number of aromatic hydroxyl groups is 1. The maximum absolute atomic E-state index is 13.6. The smallest absolute Gasteiger partial charge is 0.316 e. The molecule has 0 fully saturated rings. The quantitative estimate of drug-likeness (QED) is 0.437. The fraction of sp³-hybridized carbons (Fsp3) is 0.304. The number of ketones is 1. The third-order valence-corrected chi connectivity index (χ3v) is 6.43. The van der Waals surface area contributed by atoms with Crippen LogP contribution in [0, 0.1) is 11.8 Å². The van der Waals surface area contributed by atoms with Crippen LogP contribution in [0.5, 0.6) is 11.5 Å². The lowest BCUT2D eigenvalue weighted by Crippen LogP contribution is -2.39. The standard InChI is InChI=1S/C23H23BrN2O5/c1-11-8-16-19(22(28)18(11)23(29)31-3)20(26-15-7-5-4-6-14(15)25-16)12-9-13(24)21(27)17(10-12)30-2/h4-7,9-11,18,20,25-27H,8H2,1-3H3/t11-,18+,20-/m1/s1. The predicted molar refractivity (Wildman–Crippen MR) is 120 cm³/mol. The first-order valence-corrected chi connectivity index (χ1v) is 10.7. The molecule has 1 aliphatic heterocycles. The maximum atomic E-state index is 13.6. The Morgan fingerprint density at radius 2 is 1.90 bits per heavy atom. The number of carbonyl (C=O) groups is 2. The topological polar surface area (TPSA) is 96.9 Å². The number of fused-ring (bicyclic) bond motifs is 1. The van der Waals surface area contributed by atoms with Gasteiger partial charge in [0, 0.05) is 11.3 Å². The third-order valence-electron chi connectivity index (χ3n) is 5.83. The fourth-order valence-electron chi connectivity index (χ4n) is 4.30. The van der Waals surface area contributed by atoms with Crippen molar-refractivity contribution in [2.24, 2.45) is 11.8 Å². The second kappa shape index (κ2) is 8.26. The molecule has 2 aromatic carbocycles. The second-order valence-electron chi connectivity index (χ2n) is 7.74. The van der Waals surface area contributed by atoms with E-state index in [4.69, 9.17) is 9.47 Å². The van der Waals surface area contributed by atoms with E-state index < -0.39 is 17.9 Å². The third kappa shape index (κ3) is 3.65. The largest absolute Gasteiger partial charge is 0.503 e. The summed E-state index contributed by atoms with van der Waals surface area (Å²) in [5.74, 6) is -1.64. The number of carbonyl (C=O) groups excluding carboxylic acids is 2.